The maximum Gasteiger partial charge on any atom is 0.306 e. The minimum absolute atomic E-state index is 0.0715. The topological polar surface area (TPSA) is 78.9 Å². The molecule has 6 heteroatoms. The van der Waals surface area contributed by atoms with Crippen LogP contribution in [0.1, 0.15) is 316 Å². The molecular formula is C59H110O6. The molecule has 0 rings (SSSR count). The summed E-state index contributed by atoms with van der Waals surface area (Å²) in [5, 5.41) is 0. The highest BCUT2D eigenvalue weighted by atomic mass is 16.6. The summed E-state index contributed by atoms with van der Waals surface area (Å²) in [7, 11) is 0. The Kier molecular flexibility index (Phi) is 52.7. The van der Waals surface area contributed by atoms with Crippen molar-refractivity contribution in [3.8, 4) is 0 Å². The molecule has 0 spiro atoms. The van der Waals surface area contributed by atoms with Gasteiger partial charge in [-0.05, 0) is 51.4 Å². The molecule has 6 nitrogen and oxygen atoms in total. The molecule has 0 bridgehead atoms. The van der Waals surface area contributed by atoms with Crippen molar-refractivity contribution in [3.63, 3.8) is 0 Å². The highest BCUT2D eigenvalue weighted by Gasteiger charge is 2.19. The Balaban J connectivity index is 4.33. The first kappa shape index (κ1) is 62.9. The van der Waals surface area contributed by atoms with Crippen molar-refractivity contribution < 1.29 is 28.6 Å². The van der Waals surface area contributed by atoms with Crippen LogP contribution in [-0.2, 0) is 28.6 Å². The van der Waals surface area contributed by atoms with Gasteiger partial charge in [0.05, 0.1) is 0 Å². The standard InChI is InChI=1S/C59H110O6/c1-4-7-10-13-16-19-22-25-28-29-30-32-34-37-40-43-46-49-52-58(61)64-55-56(54-63-57(60)51-48-45-42-39-36-33-27-24-21-18-15-12-9-6-3)65-59(62)53-50-47-44-41-38-35-31-26-23-20-17-14-11-8-5-2/h17,20,26,31,56H,4-16,18-19,21-25,27-30,32-55H2,1-3H3/b20-17+,31-26+/t56-/m1/s1. The summed E-state index contributed by atoms with van der Waals surface area (Å²) in [5.41, 5.74) is 0. The highest BCUT2D eigenvalue weighted by Crippen LogP contribution is 2.17. The second-order valence-corrected chi connectivity index (χ2v) is 19.6. The molecule has 0 fully saturated rings. The fourth-order valence-electron chi connectivity index (χ4n) is 8.59. The van der Waals surface area contributed by atoms with E-state index in [-0.39, 0.29) is 31.1 Å². The molecule has 382 valence electrons. The lowest BCUT2D eigenvalue weighted by molar-refractivity contribution is -0.167. The van der Waals surface area contributed by atoms with Gasteiger partial charge in [-0.2, -0.15) is 0 Å². The number of hydrogen-bond acceptors (Lipinski definition) is 6. The first-order valence-corrected chi connectivity index (χ1v) is 28.8. The molecule has 0 N–H and O–H groups in total. The smallest absolute Gasteiger partial charge is 0.306 e. The molecule has 0 aliphatic rings. The summed E-state index contributed by atoms with van der Waals surface area (Å²) >= 11 is 0. The predicted molar refractivity (Wildman–Crippen MR) is 279 cm³/mol. The number of hydrogen-bond donors (Lipinski definition) is 0. The Morgan fingerprint density at radius 2 is 0.554 bits per heavy atom. The summed E-state index contributed by atoms with van der Waals surface area (Å²) in [6.45, 7) is 6.65. The summed E-state index contributed by atoms with van der Waals surface area (Å²) in [4.78, 5) is 38.1. The summed E-state index contributed by atoms with van der Waals surface area (Å²) < 4.78 is 16.9. The monoisotopic (exact) mass is 915 g/mol. The van der Waals surface area contributed by atoms with Crippen molar-refractivity contribution in [2.75, 3.05) is 13.2 Å². The van der Waals surface area contributed by atoms with E-state index >= 15 is 0 Å². The fraction of sp³-hybridized carbons (Fsp3) is 0.881. The number of carbonyl (C=O) groups excluding carboxylic acids is 3. The molecule has 0 aliphatic heterocycles. The van der Waals surface area contributed by atoms with Gasteiger partial charge in [0, 0.05) is 19.3 Å². The first-order valence-electron chi connectivity index (χ1n) is 28.8. The van der Waals surface area contributed by atoms with Crippen LogP contribution in [0.5, 0.6) is 0 Å². The van der Waals surface area contributed by atoms with Crippen LogP contribution in [0.4, 0.5) is 0 Å². The number of esters is 3. The molecule has 0 aromatic heterocycles. The minimum Gasteiger partial charge on any atom is -0.462 e. The zero-order valence-corrected chi connectivity index (χ0v) is 43.8. The van der Waals surface area contributed by atoms with Gasteiger partial charge in [0.15, 0.2) is 6.10 Å². The van der Waals surface area contributed by atoms with Gasteiger partial charge in [-0.1, -0.05) is 270 Å². The Morgan fingerprint density at radius 1 is 0.308 bits per heavy atom. The molecule has 0 saturated heterocycles. The molecule has 1 atom stereocenters. The third kappa shape index (κ3) is 52.7. The predicted octanol–water partition coefficient (Wildman–Crippen LogP) is 19.1. The van der Waals surface area contributed by atoms with E-state index in [1.165, 1.54) is 199 Å². The van der Waals surface area contributed by atoms with Crippen molar-refractivity contribution in [2.24, 2.45) is 0 Å². The van der Waals surface area contributed by atoms with E-state index in [2.05, 4.69) is 45.1 Å². The van der Waals surface area contributed by atoms with E-state index in [9.17, 15) is 14.4 Å². The van der Waals surface area contributed by atoms with Crippen molar-refractivity contribution in [2.45, 2.75) is 322 Å². The third-order valence-corrected chi connectivity index (χ3v) is 13.0. The normalized spacial score (nSPS) is 12.1. The summed E-state index contributed by atoms with van der Waals surface area (Å²) in [5.74, 6) is -0.864. The number of unbranched alkanes of at least 4 members (excludes halogenated alkanes) is 38. The lowest BCUT2D eigenvalue weighted by Gasteiger charge is -2.18. The van der Waals surface area contributed by atoms with E-state index < -0.39 is 6.10 Å². The Morgan fingerprint density at radius 3 is 0.877 bits per heavy atom. The average Bonchev–Trinajstić information content (AvgIpc) is 3.30. The number of ether oxygens (including phenoxy) is 3. The van der Waals surface area contributed by atoms with Crippen LogP contribution in [-0.4, -0.2) is 37.2 Å². The molecule has 0 amide bonds. The van der Waals surface area contributed by atoms with E-state index in [1.54, 1.807) is 0 Å². The second-order valence-electron chi connectivity index (χ2n) is 19.6. The van der Waals surface area contributed by atoms with Gasteiger partial charge in [0.25, 0.3) is 0 Å². The van der Waals surface area contributed by atoms with Gasteiger partial charge < -0.3 is 14.2 Å². The summed E-state index contributed by atoms with van der Waals surface area (Å²) in [6.07, 6.45) is 63.1. The zero-order chi connectivity index (χ0) is 47.2. The van der Waals surface area contributed by atoms with E-state index in [4.69, 9.17) is 14.2 Å². The maximum absolute atomic E-state index is 12.8. The highest BCUT2D eigenvalue weighted by molar-refractivity contribution is 5.71. The zero-order valence-electron chi connectivity index (χ0n) is 43.8. The average molecular weight is 916 g/mol. The molecule has 0 heterocycles. The molecule has 65 heavy (non-hydrogen) atoms. The molecule has 0 radical (unpaired) electrons. The van der Waals surface area contributed by atoms with Gasteiger partial charge in [-0.3, -0.25) is 14.4 Å². The second kappa shape index (κ2) is 54.5. The number of allylic oxidation sites excluding steroid dienone is 4. The molecule has 0 saturated carbocycles. The number of rotatable bonds is 53. The lowest BCUT2D eigenvalue weighted by atomic mass is 10.0. The molecular weight excluding hydrogens is 805 g/mol. The van der Waals surface area contributed by atoms with Crippen molar-refractivity contribution in [1.82, 2.24) is 0 Å². The van der Waals surface area contributed by atoms with Gasteiger partial charge in [-0.25, -0.2) is 0 Å². The van der Waals surface area contributed by atoms with Crippen LogP contribution in [0, 0.1) is 0 Å². The third-order valence-electron chi connectivity index (χ3n) is 13.0. The van der Waals surface area contributed by atoms with E-state index in [1.807, 2.05) is 0 Å². The first-order chi connectivity index (χ1) is 32.0. The quantitative estimate of drug-likeness (QED) is 0.0262. The molecule has 0 unspecified atom stereocenters. The minimum atomic E-state index is -0.773. The Hall–Kier alpha value is -2.11. The lowest BCUT2D eigenvalue weighted by Crippen LogP contribution is -2.30. The van der Waals surface area contributed by atoms with E-state index in [0.29, 0.717) is 19.3 Å². The van der Waals surface area contributed by atoms with Gasteiger partial charge in [-0.15, -0.1) is 0 Å². The van der Waals surface area contributed by atoms with Crippen molar-refractivity contribution in [3.05, 3.63) is 24.3 Å². The molecule has 0 aromatic carbocycles. The van der Waals surface area contributed by atoms with Crippen LogP contribution in [0.3, 0.4) is 0 Å². The van der Waals surface area contributed by atoms with Crippen LogP contribution in [0.25, 0.3) is 0 Å². The SMILES string of the molecule is CCCCC/C=C/C/C=C/CCCCCCCC(=O)O[C@H](COC(=O)CCCCCCCCCCCCCCCC)COC(=O)CCCCCCCCCCCCCCCCCCCC. The maximum atomic E-state index is 12.8. The fourth-order valence-corrected chi connectivity index (χ4v) is 8.59. The van der Waals surface area contributed by atoms with Crippen molar-refractivity contribution in [1.29, 1.82) is 0 Å². The van der Waals surface area contributed by atoms with Crippen molar-refractivity contribution >= 4 is 17.9 Å². The van der Waals surface area contributed by atoms with E-state index in [0.717, 1.165) is 77.0 Å². The molecule has 0 aliphatic carbocycles. The molecule has 0 aromatic rings. The van der Waals surface area contributed by atoms with Gasteiger partial charge >= 0.3 is 17.9 Å². The summed E-state index contributed by atoms with van der Waals surface area (Å²) in [6, 6.07) is 0. The van der Waals surface area contributed by atoms with Crippen LogP contribution in [0.15, 0.2) is 24.3 Å². The Bertz CT molecular complexity index is 1050. The largest absolute Gasteiger partial charge is 0.462 e. The van der Waals surface area contributed by atoms with Crippen LogP contribution < -0.4 is 0 Å². The van der Waals surface area contributed by atoms with Crippen LogP contribution in [0.2, 0.25) is 0 Å². The number of carbonyl (C=O) groups is 3. The van der Waals surface area contributed by atoms with Gasteiger partial charge in [0.1, 0.15) is 13.2 Å². The van der Waals surface area contributed by atoms with Crippen LogP contribution >= 0.6 is 0 Å². The van der Waals surface area contributed by atoms with Gasteiger partial charge in [0.2, 0.25) is 0 Å². The Labute approximate surface area is 404 Å².